The topological polar surface area (TPSA) is 86.8 Å². The number of hydrogen-bond acceptors (Lipinski definition) is 4. The molecule has 0 aliphatic carbocycles. The molecule has 7 nitrogen and oxygen atoms in total. The monoisotopic (exact) mass is 575 g/mol. The van der Waals surface area contributed by atoms with E-state index in [-0.39, 0.29) is 23.8 Å². The molecule has 202 valence electrons. The Morgan fingerprint density at radius 3 is 2.18 bits per heavy atom. The number of likely N-dealkylation sites (N-methyl/N-ethyl adjacent to an activating group) is 1. The number of halogens is 2. The van der Waals surface area contributed by atoms with Gasteiger partial charge in [0.2, 0.25) is 21.8 Å². The van der Waals surface area contributed by atoms with E-state index in [1.54, 1.807) is 24.3 Å². The van der Waals surface area contributed by atoms with Crippen LogP contribution in [-0.4, -0.2) is 55.6 Å². The van der Waals surface area contributed by atoms with Crippen molar-refractivity contribution in [2.75, 3.05) is 20.1 Å². The van der Waals surface area contributed by atoms with Crippen LogP contribution in [0.25, 0.3) is 0 Å². The summed E-state index contributed by atoms with van der Waals surface area (Å²) in [5.41, 5.74) is 1.51. The lowest BCUT2D eigenvalue weighted by molar-refractivity contribution is -0.141. The molecular weight excluding hydrogens is 545 g/mol. The number of carbonyl (C=O) groups excluding carboxylic acids is 2. The van der Waals surface area contributed by atoms with Crippen molar-refractivity contribution in [2.45, 2.75) is 37.2 Å². The summed E-state index contributed by atoms with van der Waals surface area (Å²) in [4.78, 5) is 28.6. The van der Waals surface area contributed by atoms with Gasteiger partial charge in [0.25, 0.3) is 0 Å². The Morgan fingerprint density at radius 1 is 0.921 bits per heavy atom. The molecule has 0 heterocycles. The SMILES string of the molecule is CCCNC(=O)C(Cc1ccccc1)N(Cc1ccccc1Cl)C(=O)CN(C)S(=O)(=O)c1ccc(Cl)cc1. The Hall–Kier alpha value is -2.91. The predicted molar refractivity (Wildman–Crippen MR) is 151 cm³/mol. The quantitative estimate of drug-likeness (QED) is 0.336. The highest BCUT2D eigenvalue weighted by atomic mass is 35.5. The maximum Gasteiger partial charge on any atom is 0.243 e. The van der Waals surface area contributed by atoms with Gasteiger partial charge in [-0.25, -0.2) is 8.42 Å². The number of sulfonamides is 1. The Balaban J connectivity index is 1.97. The molecule has 1 N–H and O–H groups in total. The van der Waals surface area contributed by atoms with Crippen LogP contribution in [-0.2, 0) is 32.6 Å². The van der Waals surface area contributed by atoms with Gasteiger partial charge in [-0.05, 0) is 47.9 Å². The lowest BCUT2D eigenvalue weighted by Crippen LogP contribution is -2.53. The molecule has 0 spiro atoms. The van der Waals surface area contributed by atoms with Crippen LogP contribution in [0.4, 0.5) is 0 Å². The maximum atomic E-state index is 13.8. The van der Waals surface area contributed by atoms with E-state index in [0.29, 0.717) is 22.2 Å². The summed E-state index contributed by atoms with van der Waals surface area (Å²) in [5, 5.41) is 3.74. The van der Waals surface area contributed by atoms with Crippen molar-refractivity contribution in [1.82, 2.24) is 14.5 Å². The van der Waals surface area contributed by atoms with Gasteiger partial charge in [-0.3, -0.25) is 9.59 Å². The van der Waals surface area contributed by atoms with E-state index in [9.17, 15) is 18.0 Å². The van der Waals surface area contributed by atoms with Crippen LogP contribution in [0.1, 0.15) is 24.5 Å². The van der Waals surface area contributed by atoms with Gasteiger partial charge in [-0.1, -0.05) is 78.7 Å². The molecule has 3 aromatic rings. The molecule has 10 heteroatoms. The minimum atomic E-state index is -3.98. The van der Waals surface area contributed by atoms with Crippen LogP contribution in [0.15, 0.2) is 83.8 Å². The third-order valence-corrected chi connectivity index (χ3v) is 8.44. The van der Waals surface area contributed by atoms with E-state index >= 15 is 0 Å². The number of nitrogens with zero attached hydrogens (tertiary/aromatic N) is 2. The fourth-order valence-corrected chi connectivity index (χ4v) is 5.32. The van der Waals surface area contributed by atoms with Crippen molar-refractivity contribution in [3.05, 3.63) is 100 Å². The molecule has 2 amide bonds. The van der Waals surface area contributed by atoms with Crippen molar-refractivity contribution in [2.24, 2.45) is 0 Å². The first-order chi connectivity index (χ1) is 18.1. The standard InChI is InChI=1S/C28H31Cl2N3O4S/c1-3-17-31-28(35)26(18-21-9-5-4-6-10-21)33(19-22-11-7-8-12-25(22)30)27(34)20-32(2)38(36,37)24-15-13-23(29)14-16-24/h4-16,26H,3,17-20H2,1-2H3,(H,31,35). The smallest absolute Gasteiger partial charge is 0.243 e. The van der Waals surface area contributed by atoms with Crippen molar-refractivity contribution >= 4 is 45.0 Å². The number of carbonyl (C=O) groups is 2. The minimum Gasteiger partial charge on any atom is -0.354 e. The summed E-state index contributed by atoms with van der Waals surface area (Å²) in [6.07, 6.45) is 0.977. The van der Waals surface area contributed by atoms with E-state index in [0.717, 1.165) is 16.3 Å². The average molecular weight is 577 g/mol. The zero-order chi connectivity index (χ0) is 27.7. The van der Waals surface area contributed by atoms with Crippen LogP contribution < -0.4 is 5.32 Å². The molecule has 1 atom stereocenters. The highest BCUT2D eigenvalue weighted by Crippen LogP contribution is 2.22. The Labute approximate surface area is 234 Å². The third-order valence-electron chi connectivity index (χ3n) is 6.00. The number of benzene rings is 3. The molecule has 0 fully saturated rings. The lowest BCUT2D eigenvalue weighted by Gasteiger charge is -2.33. The van der Waals surface area contributed by atoms with Gasteiger partial charge < -0.3 is 10.2 Å². The Kier molecular flexibility index (Phi) is 10.7. The van der Waals surface area contributed by atoms with E-state index in [2.05, 4.69) is 5.32 Å². The number of nitrogens with one attached hydrogen (secondary N) is 1. The van der Waals surface area contributed by atoms with Gasteiger partial charge in [-0.2, -0.15) is 4.31 Å². The van der Waals surface area contributed by atoms with Gasteiger partial charge in [0.05, 0.1) is 11.4 Å². The van der Waals surface area contributed by atoms with Crippen LogP contribution in [0, 0.1) is 0 Å². The highest BCUT2D eigenvalue weighted by Gasteiger charge is 2.33. The van der Waals surface area contributed by atoms with Crippen molar-refractivity contribution in [1.29, 1.82) is 0 Å². The van der Waals surface area contributed by atoms with E-state index < -0.39 is 28.5 Å². The van der Waals surface area contributed by atoms with Crippen LogP contribution in [0.3, 0.4) is 0 Å². The number of hydrogen-bond donors (Lipinski definition) is 1. The predicted octanol–water partition coefficient (Wildman–Crippen LogP) is 4.78. The lowest BCUT2D eigenvalue weighted by atomic mass is 10.0. The summed E-state index contributed by atoms with van der Waals surface area (Å²) in [7, 11) is -2.65. The fourth-order valence-electron chi connectivity index (χ4n) is 3.88. The molecule has 0 aromatic heterocycles. The molecule has 1 unspecified atom stereocenters. The maximum absolute atomic E-state index is 13.8. The second-order valence-electron chi connectivity index (χ2n) is 8.82. The molecule has 3 aromatic carbocycles. The van der Waals surface area contributed by atoms with E-state index in [4.69, 9.17) is 23.2 Å². The third kappa shape index (κ3) is 7.80. The Bertz CT molecular complexity index is 1340. The molecule has 0 bridgehead atoms. The molecule has 3 rings (SSSR count). The first-order valence-electron chi connectivity index (χ1n) is 12.2. The van der Waals surface area contributed by atoms with Gasteiger partial charge in [0.1, 0.15) is 6.04 Å². The highest BCUT2D eigenvalue weighted by molar-refractivity contribution is 7.89. The second-order valence-corrected chi connectivity index (χ2v) is 11.7. The van der Waals surface area contributed by atoms with Gasteiger partial charge in [0.15, 0.2) is 0 Å². The van der Waals surface area contributed by atoms with Gasteiger partial charge in [0, 0.05) is 36.6 Å². The number of rotatable bonds is 12. The van der Waals surface area contributed by atoms with E-state index in [1.165, 1.54) is 36.2 Å². The average Bonchev–Trinajstić information content (AvgIpc) is 2.91. The largest absolute Gasteiger partial charge is 0.354 e. The normalized spacial score (nSPS) is 12.2. The van der Waals surface area contributed by atoms with Gasteiger partial charge >= 0.3 is 0 Å². The fraction of sp³-hybridized carbons (Fsp3) is 0.286. The second kappa shape index (κ2) is 13.8. The van der Waals surface area contributed by atoms with Crippen LogP contribution in [0.2, 0.25) is 10.0 Å². The van der Waals surface area contributed by atoms with Crippen molar-refractivity contribution in [3.63, 3.8) is 0 Å². The summed E-state index contributed by atoms with van der Waals surface area (Å²) in [6.45, 7) is 1.95. The zero-order valence-electron chi connectivity index (χ0n) is 21.3. The summed E-state index contributed by atoms with van der Waals surface area (Å²) >= 11 is 12.3. The molecule has 38 heavy (non-hydrogen) atoms. The molecule has 0 saturated carbocycles. The number of amides is 2. The summed E-state index contributed by atoms with van der Waals surface area (Å²) < 4.78 is 27.3. The molecule has 0 saturated heterocycles. The molecule has 0 aliphatic rings. The summed E-state index contributed by atoms with van der Waals surface area (Å²) in [5.74, 6) is -0.850. The summed E-state index contributed by atoms with van der Waals surface area (Å²) in [6, 6.07) is 21.3. The molecular formula is C28H31Cl2N3O4S. The van der Waals surface area contributed by atoms with Crippen molar-refractivity contribution < 1.29 is 18.0 Å². The molecule has 0 radical (unpaired) electrons. The van der Waals surface area contributed by atoms with E-state index in [1.807, 2.05) is 37.3 Å². The zero-order valence-corrected chi connectivity index (χ0v) is 23.6. The van der Waals surface area contributed by atoms with Crippen LogP contribution in [0.5, 0.6) is 0 Å². The van der Waals surface area contributed by atoms with Crippen LogP contribution >= 0.6 is 23.2 Å². The first kappa shape index (κ1) is 29.6. The first-order valence-corrected chi connectivity index (χ1v) is 14.4. The van der Waals surface area contributed by atoms with Crippen molar-refractivity contribution in [3.8, 4) is 0 Å². The Morgan fingerprint density at radius 2 is 1.55 bits per heavy atom. The minimum absolute atomic E-state index is 0.0105. The van der Waals surface area contributed by atoms with Gasteiger partial charge in [-0.15, -0.1) is 0 Å². The molecule has 0 aliphatic heterocycles.